The average Bonchev–Trinajstić information content (AvgIpc) is 2.47. The molecule has 2 rings (SSSR count). The van der Waals surface area contributed by atoms with Crippen LogP contribution in [0.1, 0.15) is 5.56 Å². The fourth-order valence-corrected chi connectivity index (χ4v) is 2.97. The molecular formula is C13H13F2N3O2S. The molecule has 0 amide bonds. The Morgan fingerprint density at radius 1 is 1.19 bits per heavy atom. The molecule has 0 spiro atoms. The van der Waals surface area contributed by atoms with E-state index in [-0.39, 0.29) is 16.3 Å². The van der Waals surface area contributed by atoms with Crippen LogP contribution in [-0.4, -0.2) is 20.4 Å². The quantitative estimate of drug-likeness (QED) is 0.910. The largest absolute Gasteiger partial charge is 0.372 e. The highest BCUT2D eigenvalue weighted by Crippen LogP contribution is 2.26. The first-order valence-electron chi connectivity index (χ1n) is 5.97. The minimum absolute atomic E-state index is 0.0819. The Morgan fingerprint density at radius 3 is 2.57 bits per heavy atom. The molecule has 1 heterocycles. The molecule has 1 aromatic carbocycles. The Hall–Kier alpha value is -2.22. The van der Waals surface area contributed by atoms with E-state index in [9.17, 15) is 17.2 Å². The van der Waals surface area contributed by atoms with Gasteiger partial charge in [0.15, 0.2) is 5.82 Å². The predicted octanol–water partition coefficient (Wildman–Crippen LogP) is 2.51. The predicted molar refractivity (Wildman–Crippen MR) is 75.7 cm³/mol. The maximum Gasteiger partial charge on any atom is 0.265 e. The standard InChI is InChI=1S/C13H13F2N3O2S/c1-8-5-6-9(14)12(11(8)15)18-21(19,20)10-4-3-7-17-13(10)16-2/h3-7,18H,1-2H3,(H,16,17). The number of hydrogen-bond donors (Lipinski definition) is 2. The van der Waals surface area contributed by atoms with Crippen LogP contribution in [0.3, 0.4) is 0 Å². The minimum atomic E-state index is -4.17. The highest BCUT2D eigenvalue weighted by Gasteiger charge is 2.23. The first-order chi connectivity index (χ1) is 9.86. The van der Waals surface area contributed by atoms with E-state index in [2.05, 4.69) is 10.3 Å². The number of hydrogen-bond acceptors (Lipinski definition) is 4. The van der Waals surface area contributed by atoms with Gasteiger partial charge in [-0.15, -0.1) is 0 Å². The number of sulfonamides is 1. The number of benzene rings is 1. The van der Waals surface area contributed by atoms with Crippen LogP contribution in [0.4, 0.5) is 20.3 Å². The van der Waals surface area contributed by atoms with E-state index in [1.54, 1.807) is 0 Å². The lowest BCUT2D eigenvalue weighted by Gasteiger charge is -2.13. The van der Waals surface area contributed by atoms with Gasteiger partial charge in [-0.2, -0.15) is 0 Å². The topological polar surface area (TPSA) is 71.1 Å². The van der Waals surface area contributed by atoms with Gasteiger partial charge in [-0.25, -0.2) is 22.2 Å². The van der Waals surface area contributed by atoms with Crippen LogP contribution in [-0.2, 0) is 10.0 Å². The van der Waals surface area contributed by atoms with E-state index >= 15 is 0 Å². The zero-order valence-corrected chi connectivity index (χ0v) is 12.1. The third-order valence-corrected chi connectivity index (χ3v) is 4.20. The normalized spacial score (nSPS) is 11.2. The molecular weight excluding hydrogens is 300 g/mol. The summed E-state index contributed by atoms with van der Waals surface area (Å²) in [6.45, 7) is 1.41. The van der Waals surface area contributed by atoms with Crippen molar-refractivity contribution in [3.05, 3.63) is 47.7 Å². The number of anilines is 2. The lowest BCUT2D eigenvalue weighted by atomic mass is 10.2. The number of nitrogens with zero attached hydrogens (tertiary/aromatic N) is 1. The van der Waals surface area contributed by atoms with Crippen molar-refractivity contribution >= 4 is 21.5 Å². The van der Waals surface area contributed by atoms with Crippen LogP contribution in [0.25, 0.3) is 0 Å². The Labute approximate surface area is 121 Å². The van der Waals surface area contributed by atoms with Crippen LogP contribution >= 0.6 is 0 Å². The van der Waals surface area contributed by atoms with Gasteiger partial charge in [-0.05, 0) is 30.7 Å². The Balaban J connectivity index is 2.50. The van der Waals surface area contributed by atoms with E-state index in [1.807, 2.05) is 4.72 Å². The molecule has 0 saturated heterocycles. The molecule has 2 aromatic rings. The maximum atomic E-state index is 13.9. The van der Waals surface area contributed by atoms with E-state index < -0.39 is 27.3 Å². The lowest BCUT2D eigenvalue weighted by Crippen LogP contribution is -2.17. The van der Waals surface area contributed by atoms with Gasteiger partial charge in [0, 0.05) is 13.2 Å². The van der Waals surface area contributed by atoms with Crippen LogP contribution in [0.15, 0.2) is 35.4 Å². The summed E-state index contributed by atoms with van der Waals surface area (Å²) in [4.78, 5) is 3.65. The van der Waals surface area contributed by atoms with Crippen molar-refractivity contribution in [1.29, 1.82) is 0 Å². The van der Waals surface area contributed by atoms with Crippen LogP contribution in [0.2, 0.25) is 0 Å². The van der Waals surface area contributed by atoms with Gasteiger partial charge in [-0.1, -0.05) is 6.07 Å². The van der Waals surface area contributed by atoms with Crippen molar-refractivity contribution in [1.82, 2.24) is 4.98 Å². The third kappa shape index (κ3) is 2.94. The van der Waals surface area contributed by atoms with Gasteiger partial charge in [0.2, 0.25) is 0 Å². The number of aromatic nitrogens is 1. The molecule has 0 fully saturated rings. The molecule has 0 aliphatic rings. The molecule has 0 atom stereocenters. The summed E-state index contributed by atoms with van der Waals surface area (Å²) in [6, 6.07) is 4.93. The Bertz CT molecular complexity index is 779. The highest BCUT2D eigenvalue weighted by molar-refractivity contribution is 7.92. The van der Waals surface area contributed by atoms with Crippen molar-refractivity contribution in [2.75, 3.05) is 17.1 Å². The number of rotatable bonds is 4. The van der Waals surface area contributed by atoms with Crippen molar-refractivity contribution in [2.24, 2.45) is 0 Å². The van der Waals surface area contributed by atoms with Crippen LogP contribution in [0.5, 0.6) is 0 Å². The summed E-state index contributed by atoms with van der Waals surface area (Å²) < 4.78 is 54.0. The molecule has 8 heteroatoms. The summed E-state index contributed by atoms with van der Waals surface area (Å²) in [5.41, 5.74) is -0.574. The Kier molecular flexibility index (Phi) is 4.08. The second kappa shape index (κ2) is 5.65. The smallest absolute Gasteiger partial charge is 0.265 e. The SMILES string of the molecule is CNc1ncccc1S(=O)(=O)Nc1c(F)ccc(C)c1F. The van der Waals surface area contributed by atoms with E-state index in [0.29, 0.717) is 0 Å². The van der Waals surface area contributed by atoms with Gasteiger partial charge in [0.1, 0.15) is 22.2 Å². The van der Waals surface area contributed by atoms with E-state index in [4.69, 9.17) is 0 Å². The molecule has 112 valence electrons. The number of aryl methyl sites for hydroxylation is 1. The second-order valence-corrected chi connectivity index (χ2v) is 5.91. The van der Waals surface area contributed by atoms with Crippen LogP contribution < -0.4 is 10.0 Å². The van der Waals surface area contributed by atoms with Crippen molar-refractivity contribution in [3.8, 4) is 0 Å². The fourth-order valence-electron chi connectivity index (χ4n) is 1.73. The maximum absolute atomic E-state index is 13.9. The summed E-state index contributed by atoms with van der Waals surface area (Å²) in [6.07, 6.45) is 1.40. The molecule has 0 aliphatic heterocycles. The van der Waals surface area contributed by atoms with Crippen molar-refractivity contribution in [2.45, 2.75) is 11.8 Å². The average molecular weight is 313 g/mol. The molecule has 2 N–H and O–H groups in total. The minimum Gasteiger partial charge on any atom is -0.372 e. The van der Waals surface area contributed by atoms with Crippen molar-refractivity contribution in [3.63, 3.8) is 0 Å². The molecule has 5 nitrogen and oxygen atoms in total. The monoisotopic (exact) mass is 313 g/mol. The van der Waals surface area contributed by atoms with Crippen molar-refractivity contribution < 1.29 is 17.2 Å². The van der Waals surface area contributed by atoms with E-state index in [0.717, 1.165) is 6.07 Å². The van der Waals surface area contributed by atoms with Gasteiger partial charge in [0.25, 0.3) is 10.0 Å². The molecule has 0 bridgehead atoms. The van der Waals surface area contributed by atoms with Gasteiger partial charge in [-0.3, -0.25) is 4.72 Å². The van der Waals surface area contributed by atoms with Gasteiger partial charge >= 0.3 is 0 Å². The highest BCUT2D eigenvalue weighted by atomic mass is 32.2. The summed E-state index contributed by atoms with van der Waals surface area (Å²) in [5.74, 6) is -1.86. The number of halogens is 2. The molecule has 1 aromatic heterocycles. The summed E-state index contributed by atoms with van der Waals surface area (Å²) in [7, 11) is -2.68. The molecule has 0 radical (unpaired) electrons. The molecule has 21 heavy (non-hydrogen) atoms. The molecule has 0 saturated carbocycles. The Morgan fingerprint density at radius 2 is 1.90 bits per heavy atom. The number of nitrogens with one attached hydrogen (secondary N) is 2. The van der Waals surface area contributed by atoms with Gasteiger partial charge < -0.3 is 5.32 Å². The molecule has 0 unspecified atom stereocenters. The van der Waals surface area contributed by atoms with E-state index in [1.165, 1.54) is 38.4 Å². The zero-order chi connectivity index (χ0) is 15.6. The summed E-state index contributed by atoms with van der Waals surface area (Å²) in [5, 5.41) is 2.61. The van der Waals surface area contributed by atoms with Gasteiger partial charge in [0.05, 0.1) is 0 Å². The zero-order valence-electron chi connectivity index (χ0n) is 11.3. The van der Waals surface area contributed by atoms with Crippen LogP contribution in [0, 0.1) is 18.6 Å². The summed E-state index contributed by atoms with van der Waals surface area (Å²) >= 11 is 0. The fraction of sp³-hybridized carbons (Fsp3) is 0.154. The number of pyridine rings is 1. The first-order valence-corrected chi connectivity index (χ1v) is 7.45. The first kappa shape index (κ1) is 15.2. The molecule has 0 aliphatic carbocycles. The third-order valence-electron chi connectivity index (χ3n) is 2.82. The second-order valence-electron chi connectivity index (χ2n) is 4.26. The lowest BCUT2D eigenvalue weighted by molar-refractivity contribution is 0.579.